The zero-order valence-electron chi connectivity index (χ0n) is 16.1. The Hall–Kier alpha value is -1.78. The summed E-state index contributed by atoms with van der Waals surface area (Å²) >= 11 is 1.75. The van der Waals surface area contributed by atoms with E-state index in [1.54, 1.807) is 11.9 Å². The number of aryl methyl sites for hydroxylation is 2. The minimum absolute atomic E-state index is 0.140. The molecule has 138 valence electrons. The van der Waals surface area contributed by atoms with Crippen molar-refractivity contribution in [2.45, 2.75) is 57.9 Å². The van der Waals surface area contributed by atoms with E-state index in [9.17, 15) is 0 Å². The molecule has 0 heterocycles. The molecule has 0 saturated heterocycles. The lowest BCUT2D eigenvalue weighted by atomic mass is 9.91. The maximum atomic E-state index is 7.88. The van der Waals surface area contributed by atoms with E-state index in [2.05, 4.69) is 55.8 Å². The number of rotatable bonds is 5. The summed E-state index contributed by atoms with van der Waals surface area (Å²) < 4.78 is 3.65. The van der Waals surface area contributed by atoms with Gasteiger partial charge in [0.25, 0.3) is 0 Å². The highest BCUT2D eigenvalue weighted by Gasteiger charge is 2.23. The third-order valence-corrected chi connectivity index (χ3v) is 6.53. The van der Waals surface area contributed by atoms with Crippen molar-refractivity contribution in [3.63, 3.8) is 0 Å². The van der Waals surface area contributed by atoms with Crippen LogP contribution >= 0.6 is 11.9 Å². The first-order chi connectivity index (χ1) is 12.4. The summed E-state index contributed by atoms with van der Waals surface area (Å²) in [7, 11) is 0. The zero-order chi connectivity index (χ0) is 18.8. The van der Waals surface area contributed by atoms with Crippen molar-refractivity contribution in [1.82, 2.24) is 4.72 Å². The average molecular weight is 368 g/mol. The number of nitrogen functional groups attached to an aromatic ring is 1. The SMILES string of the molecule is Cc1cc(SNC2CCCC2C)ccc1-c1ccc(C)c(C(=N)N)c1C. The number of benzene rings is 2. The zero-order valence-corrected chi connectivity index (χ0v) is 17.0. The van der Waals surface area contributed by atoms with Gasteiger partial charge in [-0.1, -0.05) is 31.5 Å². The maximum absolute atomic E-state index is 7.88. The molecule has 4 N–H and O–H groups in total. The van der Waals surface area contributed by atoms with E-state index in [0.717, 1.165) is 28.2 Å². The number of amidine groups is 1. The van der Waals surface area contributed by atoms with Gasteiger partial charge in [0, 0.05) is 16.5 Å². The molecule has 0 aliphatic heterocycles. The van der Waals surface area contributed by atoms with Gasteiger partial charge < -0.3 is 5.73 Å². The summed E-state index contributed by atoms with van der Waals surface area (Å²) in [5.74, 6) is 0.907. The van der Waals surface area contributed by atoms with Crippen molar-refractivity contribution in [2.75, 3.05) is 0 Å². The smallest absolute Gasteiger partial charge is 0.123 e. The minimum atomic E-state index is 0.140. The number of nitrogens with one attached hydrogen (secondary N) is 2. The second-order valence-corrected chi connectivity index (χ2v) is 8.47. The van der Waals surface area contributed by atoms with Crippen LogP contribution < -0.4 is 10.5 Å². The highest BCUT2D eigenvalue weighted by atomic mass is 32.2. The molecule has 0 amide bonds. The monoisotopic (exact) mass is 367 g/mol. The van der Waals surface area contributed by atoms with Crippen LogP contribution in [0, 0.1) is 32.1 Å². The molecule has 0 bridgehead atoms. The van der Waals surface area contributed by atoms with Crippen LogP contribution in [0.25, 0.3) is 11.1 Å². The van der Waals surface area contributed by atoms with Crippen LogP contribution in [0.2, 0.25) is 0 Å². The van der Waals surface area contributed by atoms with Crippen LogP contribution in [0.3, 0.4) is 0 Å². The van der Waals surface area contributed by atoms with E-state index in [1.807, 2.05) is 6.92 Å². The largest absolute Gasteiger partial charge is 0.384 e. The lowest BCUT2D eigenvalue weighted by Gasteiger charge is -2.18. The predicted molar refractivity (Wildman–Crippen MR) is 113 cm³/mol. The van der Waals surface area contributed by atoms with E-state index in [1.165, 1.54) is 35.3 Å². The molecule has 0 aromatic heterocycles. The van der Waals surface area contributed by atoms with Gasteiger partial charge >= 0.3 is 0 Å². The van der Waals surface area contributed by atoms with Crippen LogP contribution in [-0.4, -0.2) is 11.9 Å². The first-order valence-corrected chi connectivity index (χ1v) is 10.2. The third kappa shape index (κ3) is 3.81. The number of nitrogens with two attached hydrogens (primary N) is 1. The molecular weight excluding hydrogens is 338 g/mol. The second-order valence-electron chi connectivity index (χ2n) is 7.56. The first-order valence-electron chi connectivity index (χ1n) is 9.36. The summed E-state index contributed by atoms with van der Waals surface area (Å²) in [6.07, 6.45) is 3.95. The van der Waals surface area contributed by atoms with Gasteiger partial charge in [-0.3, -0.25) is 10.1 Å². The Morgan fingerprint density at radius 3 is 2.42 bits per heavy atom. The van der Waals surface area contributed by atoms with Gasteiger partial charge in [0.05, 0.1) is 0 Å². The third-order valence-electron chi connectivity index (χ3n) is 5.62. The van der Waals surface area contributed by atoms with Gasteiger partial charge in [0.2, 0.25) is 0 Å². The van der Waals surface area contributed by atoms with Gasteiger partial charge in [-0.2, -0.15) is 0 Å². The molecule has 3 rings (SSSR count). The lowest BCUT2D eigenvalue weighted by molar-refractivity contribution is 0.501. The summed E-state index contributed by atoms with van der Waals surface area (Å²) in [6.45, 7) is 8.57. The molecule has 2 atom stereocenters. The Balaban J connectivity index is 1.84. The summed E-state index contributed by atoms with van der Waals surface area (Å²) in [5, 5.41) is 7.88. The Labute approximate surface area is 161 Å². The summed E-state index contributed by atoms with van der Waals surface area (Å²) in [4.78, 5) is 1.25. The molecule has 2 unspecified atom stereocenters. The average Bonchev–Trinajstić information content (AvgIpc) is 2.99. The van der Waals surface area contributed by atoms with Crippen molar-refractivity contribution in [2.24, 2.45) is 11.7 Å². The van der Waals surface area contributed by atoms with E-state index in [0.29, 0.717) is 6.04 Å². The summed E-state index contributed by atoms with van der Waals surface area (Å²) in [5.41, 5.74) is 12.4. The van der Waals surface area contributed by atoms with Crippen LogP contribution in [0.15, 0.2) is 35.2 Å². The lowest BCUT2D eigenvalue weighted by Crippen LogP contribution is -2.25. The fourth-order valence-corrected chi connectivity index (χ4v) is 5.03. The predicted octanol–water partition coefficient (Wildman–Crippen LogP) is 5.35. The van der Waals surface area contributed by atoms with Crippen LogP contribution in [0.4, 0.5) is 0 Å². The second kappa shape index (κ2) is 7.85. The van der Waals surface area contributed by atoms with E-state index in [-0.39, 0.29) is 5.84 Å². The highest BCUT2D eigenvalue weighted by molar-refractivity contribution is 7.97. The van der Waals surface area contributed by atoms with Crippen molar-refractivity contribution < 1.29 is 0 Å². The molecule has 1 aliphatic carbocycles. The van der Waals surface area contributed by atoms with Gasteiger partial charge in [0.1, 0.15) is 5.84 Å². The van der Waals surface area contributed by atoms with Crippen molar-refractivity contribution in [3.05, 3.63) is 52.6 Å². The van der Waals surface area contributed by atoms with Crippen LogP contribution in [-0.2, 0) is 0 Å². The van der Waals surface area contributed by atoms with Crippen molar-refractivity contribution in [3.8, 4) is 11.1 Å². The molecule has 1 saturated carbocycles. The molecule has 2 aromatic carbocycles. The molecular formula is C22H29N3S. The normalized spacial score (nSPS) is 19.7. The van der Waals surface area contributed by atoms with E-state index >= 15 is 0 Å². The molecule has 3 nitrogen and oxygen atoms in total. The summed E-state index contributed by atoms with van der Waals surface area (Å²) in [6, 6.07) is 11.5. The minimum Gasteiger partial charge on any atom is -0.384 e. The molecule has 0 spiro atoms. The molecule has 2 aromatic rings. The van der Waals surface area contributed by atoms with E-state index < -0.39 is 0 Å². The fraction of sp³-hybridized carbons (Fsp3) is 0.409. The number of hydrogen-bond acceptors (Lipinski definition) is 3. The Bertz CT molecular complexity index is 828. The molecule has 1 fully saturated rings. The highest BCUT2D eigenvalue weighted by Crippen LogP contribution is 2.33. The van der Waals surface area contributed by atoms with Crippen molar-refractivity contribution >= 4 is 17.8 Å². The van der Waals surface area contributed by atoms with Gasteiger partial charge in [0.15, 0.2) is 0 Å². The molecule has 4 heteroatoms. The molecule has 0 radical (unpaired) electrons. The quantitative estimate of drug-likeness (QED) is 0.379. The standard InChI is InChI=1S/C22H29N3S/c1-13-6-5-7-20(13)25-26-17-9-11-18(15(3)12-17)19-10-8-14(2)21(16(19)4)22(23)24/h8-13,20,25H,5-7H2,1-4H3,(H3,23,24). The number of hydrogen-bond donors (Lipinski definition) is 3. The maximum Gasteiger partial charge on any atom is 0.123 e. The molecule has 1 aliphatic rings. The van der Waals surface area contributed by atoms with Crippen LogP contribution in [0.1, 0.15) is 48.4 Å². The Morgan fingerprint density at radius 2 is 1.81 bits per heavy atom. The Kier molecular flexibility index (Phi) is 5.73. The topological polar surface area (TPSA) is 61.9 Å². The molecule has 26 heavy (non-hydrogen) atoms. The van der Waals surface area contributed by atoms with E-state index in [4.69, 9.17) is 11.1 Å². The Morgan fingerprint density at radius 1 is 1.08 bits per heavy atom. The first kappa shape index (κ1) is 19.0. The van der Waals surface area contributed by atoms with Gasteiger partial charge in [-0.15, -0.1) is 0 Å². The van der Waals surface area contributed by atoms with Gasteiger partial charge in [-0.25, -0.2) is 0 Å². The van der Waals surface area contributed by atoms with Crippen molar-refractivity contribution in [1.29, 1.82) is 5.41 Å². The van der Waals surface area contributed by atoms with Crippen LogP contribution in [0.5, 0.6) is 0 Å². The fourth-order valence-electron chi connectivity index (χ4n) is 4.02. The van der Waals surface area contributed by atoms with Gasteiger partial charge in [-0.05, 0) is 91.4 Å².